The molecule has 0 atom stereocenters. The molecule has 106 valence electrons. The number of hydrogen-bond donors (Lipinski definition) is 0. The Balaban J connectivity index is 1.73. The third-order valence-electron chi connectivity index (χ3n) is 4.26. The molecule has 0 saturated carbocycles. The zero-order chi connectivity index (χ0) is 14.2. The molecule has 0 amide bonds. The summed E-state index contributed by atoms with van der Waals surface area (Å²) in [6, 6.07) is 12.9. The molecule has 0 N–H and O–H groups in total. The van der Waals surface area contributed by atoms with Crippen LogP contribution in [0, 0.1) is 6.92 Å². The van der Waals surface area contributed by atoms with E-state index in [-0.39, 0.29) is 0 Å². The number of imidazole rings is 1. The van der Waals surface area contributed by atoms with E-state index in [1.807, 2.05) is 0 Å². The molecule has 4 rings (SSSR count). The number of aromatic nitrogens is 2. The Morgan fingerprint density at radius 3 is 2.52 bits per heavy atom. The third-order valence-corrected chi connectivity index (χ3v) is 4.26. The van der Waals surface area contributed by atoms with Crippen LogP contribution in [0.25, 0.3) is 16.9 Å². The molecule has 1 fully saturated rings. The Morgan fingerprint density at radius 2 is 1.76 bits per heavy atom. The number of aryl methyl sites for hydroxylation is 1. The smallest absolute Gasteiger partial charge is 0.139 e. The Morgan fingerprint density at radius 1 is 1.00 bits per heavy atom. The monoisotopic (exact) mass is 277 g/mol. The first kappa shape index (κ1) is 12.5. The molecule has 1 aliphatic heterocycles. The zero-order valence-corrected chi connectivity index (χ0v) is 12.3. The van der Waals surface area contributed by atoms with E-state index in [0.717, 1.165) is 11.3 Å². The van der Waals surface area contributed by atoms with Crippen molar-refractivity contribution in [2.45, 2.75) is 19.8 Å². The number of hydrogen-bond acceptors (Lipinski definition) is 2. The minimum absolute atomic E-state index is 1.02. The van der Waals surface area contributed by atoms with Crippen LogP contribution in [0.1, 0.15) is 18.4 Å². The summed E-state index contributed by atoms with van der Waals surface area (Å²) in [7, 11) is 0. The maximum absolute atomic E-state index is 4.78. The molecule has 0 bridgehead atoms. The second kappa shape index (κ2) is 4.92. The first-order valence-corrected chi connectivity index (χ1v) is 7.60. The van der Waals surface area contributed by atoms with Gasteiger partial charge in [-0.05, 0) is 25.8 Å². The van der Waals surface area contributed by atoms with Gasteiger partial charge in [0, 0.05) is 42.8 Å². The van der Waals surface area contributed by atoms with Gasteiger partial charge < -0.3 is 9.30 Å². The number of pyridine rings is 1. The van der Waals surface area contributed by atoms with Crippen LogP contribution in [-0.2, 0) is 0 Å². The summed E-state index contributed by atoms with van der Waals surface area (Å²) in [5.41, 5.74) is 5.80. The molecule has 3 aromatic rings. The Kier molecular flexibility index (Phi) is 2.92. The lowest BCUT2D eigenvalue weighted by Crippen LogP contribution is -2.17. The van der Waals surface area contributed by atoms with Gasteiger partial charge in [-0.2, -0.15) is 0 Å². The van der Waals surface area contributed by atoms with Crippen molar-refractivity contribution >= 4 is 11.3 Å². The first-order chi connectivity index (χ1) is 10.3. The van der Waals surface area contributed by atoms with Crippen molar-refractivity contribution in [3.8, 4) is 11.3 Å². The minimum Gasteiger partial charge on any atom is -0.371 e. The van der Waals surface area contributed by atoms with Gasteiger partial charge in [-0.25, -0.2) is 4.98 Å². The fourth-order valence-electron chi connectivity index (χ4n) is 3.01. The summed E-state index contributed by atoms with van der Waals surface area (Å²) in [5, 5.41) is 0. The lowest BCUT2D eigenvalue weighted by molar-refractivity contribution is 0.949. The van der Waals surface area contributed by atoms with E-state index in [0.29, 0.717) is 0 Å². The molecule has 1 aromatic carbocycles. The molecule has 0 radical (unpaired) electrons. The minimum atomic E-state index is 1.02. The number of anilines is 1. The van der Waals surface area contributed by atoms with Crippen LogP contribution in [0.5, 0.6) is 0 Å². The number of rotatable bonds is 2. The fourth-order valence-corrected chi connectivity index (χ4v) is 3.01. The molecular formula is C18H19N3. The summed E-state index contributed by atoms with van der Waals surface area (Å²) < 4.78 is 2.11. The third kappa shape index (κ3) is 2.29. The van der Waals surface area contributed by atoms with Crippen LogP contribution >= 0.6 is 0 Å². The van der Waals surface area contributed by atoms with Gasteiger partial charge >= 0.3 is 0 Å². The topological polar surface area (TPSA) is 20.5 Å². The second-order valence-corrected chi connectivity index (χ2v) is 5.84. The van der Waals surface area contributed by atoms with Gasteiger partial charge in [0.05, 0.1) is 5.69 Å². The number of fused-ring (bicyclic) bond motifs is 1. The van der Waals surface area contributed by atoms with E-state index in [1.165, 1.54) is 42.7 Å². The highest BCUT2D eigenvalue weighted by molar-refractivity contribution is 5.65. The van der Waals surface area contributed by atoms with Crippen molar-refractivity contribution in [2.75, 3.05) is 18.0 Å². The Labute approximate surface area is 124 Å². The highest BCUT2D eigenvalue weighted by Crippen LogP contribution is 2.24. The molecular weight excluding hydrogens is 258 g/mol. The van der Waals surface area contributed by atoms with Gasteiger partial charge in [0.15, 0.2) is 0 Å². The van der Waals surface area contributed by atoms with Crippen molar-refractivity contribution in [2.24, 2.45) is 0 Å². The van der Waals surface area contributed by atoms with Crippen LogP contribution in [0.4, 0.5) is 5.69 Å². The van der Waals surface area contributed by atoms with E-state index in [9.17, 15) is 0 Å². The maximum atomic E-state index is 4.78. The molecule has 0 spiro atoms. The average molecular weight is 277 g/mol. The molecule has 0 aliphatic carbocycles. The largest absolute Gasteiger partial charge is 0.371 e. The summed E-state index contributed by atoms with van der Waals surface area (Å²) in [6.07, 6.45) is 6.82. The fraction of sp³-hybridized carbons (Fsp3) is 0.278. The molecule has 3 heterocycles. The molecule has 3 heteroatoms. The van der Waals surface area contributed by atoms with Gasteiger partial charge in [0.2, 0.25) is 0 Å². The molecule has 2 aromatic heterocycles. The molecule has 1 saturated heterocycles. The average Bonchev–Trinajstić information content (AvgIpc) is 3.16. The van der Waals surface area contributed by atoms with Crippen molar-refractivity contribution in [3.05, 3.63) is 54.4 Å². The summed E-state index contributed by atoms with van der Waals surface area (Å²) in [5.74, 6) is 0. The summed E-state index contributed by atoms with van der Waals surface area (Å²) in [4.78, 5) is 7.23. The van der Waals surface area contributed by atoms with E-state index >= 15 is 0 Å². The van der Waals surface area contributed by atoms with E-state index in [1.54, 1.807) is 0 Å². The van der Waals surface area contributed by atoms with Crippen molar-refractivity contribution in [1.82, 2.24) is 9.38 Å². The second-order valence-electron chi connectivity index (χ2n) is 5.84. The molecule has 3 nitrogen and oxygen atoms in total. The van der Waals surface area contributed by atoms with E-state index < -0.39 is 0 Å². The van der Waals surface area contributed by atoms with Crippen LogP contribution in [0.3, 0.4) is 0 Å². The van der Waals surface area contributed by atoms with Gasteiger partial charge in [0.25, 0.3) is 0 Å². The zero-order valence-electron chi connectivity index (χ0n) is 12.3. The number of benzene rings is 1. The molecule has 21 heavy (non-hydrogen) atoms. The van der Waals surface area contributed by atoms with E-state index in [4.69, 9.17) is 4.98 Å². The maximum Gasteiger partial charge on any atom is 0.139 e. The highest BCUT2D eigenvalue weighted by atomic mass is 15.1. The first-order valence-electron chi connectivity index (χ1n) is 7.60. The van der Waals surface area contributed by atoms with E-state index in [2.05, 4.69) is 65.0 Å². The van der Waals surface area contributed by atoms with Crippen molar-refractivity contribution in [1.29, 1.82) is 0 Å². The standard InChI is InChI=1S/C18H19N3/c1-14-4-6-15(7-5-14)17-13-21-11-8-16(12-18(21)19-17)20-9-2-3-10-20/h4-8,11-13H,2-3,9-10H2,1H3. The van der Waals surface area contributed by atoms with Crippen molar-refractivity contribution < 1.29 is 0 Å². The summed E-state index contributed by atoms with van der Waals surface area (Å²) >= 11 is 0. The van der Waals surface area contributed by atoms with Gasteiger partial charge in [0.1, 0.15) is 5.65 Å². The highest BCUT2D eigenvalue weighted by Gasteiger charge is 2.13. The van der Waals surface area contributed by atoms with Crippen LogP contribution in [-0.4, -0.2) is 22.5 Å². The van der Waals surface area contributed by atoms with Crippen molar-refractivity contribution in [3.63, 3.8) is 0 Å². The lowest BCUT2D eigenvalue weighted by atomic mass is 10.1. The predicted octanol–water partition coefficient (Wildman–Crippen LogP) is 3.91. The number of nitrogens with zero attached hydrogens (tertiary/aromatic N) is 3. The van der Waals surface area contributed by atoms with Crippen LogP contribution in [0.15, 0.2) is 48.8 Å². The van der Waals surface area contributed by atoms with Gasteiger partial charge in [-0.15, -0.1) is 0 Å². The van der Waals surface area contributed by atoms with Crippen LogP contribution in [0.2, 0.25) is 0 Å². The molecule has 1 aliphatic rings. The Hall–Kier alpha value is -2.29. The lowest BCUT2D eigenvalue weighted by Gasteiger charge is -2.17. The van der Waals surface area contributed by atoms with Crippen LogP contribution < -0.4 is 4.90 Å². The SMILES string of the molecule is Cc1ccc(-c2cn3ccc(N4CCCC4)cc3n2)cc1. The van der Waals surface area contributed by atoms with Gasteiger partial charge in [-0.3, -0.25) is 0 Å². The molecule has 0 unspecified atom stereocenters. The van der Waals surface area contributed by atoms with Gasteiger partial charge in [-0.1, -0.05) is 29.8 Å². The summed E-state index contributed by atoms with van der Waals surface area (Å²) in [6.45, 7) is 4.44. The Bertz CT molecular complexity index is 765. The normalized spacial score (nSPS) is 15.0. The quantitative estimate of drug-likeness (QED) is 0.708. The predicted molar refractivity (Wildman–Crippen MR) is 86.8 cm³/mol.